The predicted octanol–water partition coefficient (Wildman–Crippen LogP) is 4.29. The van der Waals surface area contributed by atoms with Crippen LogP contribution in [-0.2, 0) is 5.41 Å². The van der Waals surface area contributed by atoms with Crippen molar-refractivity contribution >= 4 is 11.2 Å². The molecule has 158 valence electrons. The molecule has 0 bridgehead atoms. The summed E-state index contributed by atoms with van der Waals surface area (Å²) in [5.41, 5.74) is 1.28. The SMILES string of the molecule is Cc1ncc(OC[C@@]2(c3cc(F)cc(F)c3)C[C@H]2c2nc3ncc(F)cc3[nH]2)c(C)n1. The number of hydrogen-bond acceptors (Lipinski definition) is 5. The van der Waals surface area contributed by atoms with E-state index in [2.05, 4.69) is 24.9 Å². The average molecular weight is 425 g/mol. The van der Waals surface area contributed by atoms with Crippen molar-refractivity contribution in [2.24, 2.45) is 0 Å². The quantitative estimate of drug-likeness (QED) is 0.516. The van der Waals surface area contributed by atoms with Crippen LogP contribution in [0.3, 0.4) is 0 Å². The second-order valence-electron chi connectivity index (χ2n) is 7.87. The van der Waals surface area contributed by atoms with Gasteiger partial charge in [0.25, 0.3) is 0 Å². The van der Waals surface area contributed by atoms with Crippen molar-refractivity contribution in [3.63, 3.8) is 0 Å². The smallest absolute Gasteiger partial charge is 0.177 e. The number of fused-ring (bicyclic) bond motifs is 1. The molecule has 0 spiro atoms. The molecular formula is C22H18F3N5O. The lowest BCUT2D eigenvalue weighted by atomic mass is 9.93. The number of rotatable bonds is 5. The first-order valence-corrected chi connectivity index (χ1v) is 9.75. The topological polar surface area (TPSA) is 76.6 Å². The Kier molecular flexibility index (Phi) is 4.42. The number of aromatic amines is 1. The van der Waals surface area contributed by atoms with Gasteiger partial charge in [-0.05, 0) is 38.0 Å². The van der Waals surface area contributed by atoms with Crippen molar-refractivity contribution in [3.8, 4) is 5.75 Å². The van der Waals surface area contributed by atoms with Gasteiger partial charge in [0.15, 0.2) is 11.4 Å². The molecule has 1 aliphatic carbocycles. The number of halogens is 3. The molecule has 1 aliphatic rings. The van der Waals surface area contributed by atoms with Crippen LogP contribution < -0.4 is 4.74 Å². The van der Waals surface area contributed by atoms with Crippen LogP contribution in [0.5, 0.6) is 5.75 Å². The highest BCUT2D eigenvalue weighted by atomic mass is 19.1. The highest BCUT2D eigenvalue weighted by Gasteiger charge is 2.58. The highest BCUT2D eigenvalue weighted by molar-refractivity contribution is 5.70. The van der Waals surface area contributed by atoms with Crippen LogP contribution in [0.15, 0.2) is 36.7 Å². The Bertz CT molecular complexity index is 1290. The molecule has 0 unspecified atom stereocenters. The molecule has 6 nitrogen and oxygen atoms in total. The van der Waals surface area contributed by atoms with Crippen LogP contribution in [0.25, 0.3) is 11.2 Å². The van der Waals surface area contributed by atoms with Gasteiger partial charge in [-0.25, -0.2) is 33.1 Å². The second-order valence-corrected chi connectivity index (χ2v) is 7.87. The molecule has 2 atom stereocenters. The standard InChI is InChI=1S/C22H18F3N5O/c1-11-19(9-26-12(2)28-11)31-10-22(13-3-14(23)5-15(24)4-13)7-17(22)20-29-18-6-16(25)8-27-21(18)30-20/h3-6,8-9,17H,7,10H2,1-2H3,(H,27,29,30)/t17-,22+/m0/s1. The Morgan fingerprint density at radius 3 is 2.52 bits per heavy atom. The number of ether oxygens (including phenoxy) is 1. The van der Waals surface area contributed by atoms with E-state index in [4.69, 9.17) is 4.74 Å². The summed E-state index contributed by atoms with van der Waals surface area (Å²) < 4.78 is 47.6. The molecule has 0 saturated heterocycles. The zero-order valence-electron chi connectivity index (χ0n) is 16.8. The van der Waals surface area contributed by atoms with E-state index in [1.54, 1.807) is 13.1 Å². The number of benzene rings is 1. The number of aryl methyl sites for hydroxylation is 2. The van der Waals surface area contributed by atoms with Crippen molar-refractivity contribution in [2.45, 2.75) is 31.6 Å². The predicted molar refractivity (Wildman–Crippen MR) is 106 cm³/mol. The summed E-state index contributed by atoms with van der Waals surface area (Å²) in [6.45, 7) is 3.73. The third kappa shape index (κ3) is 3.49. The minimum absolute atomic E-state index is 0.145. The number of aromatic nitrogens is 5. The maximum atomic E-state index is 14.0. The van der Waals surface area contributed by atoms with Gasteiger partial charge in [0.2, 0.25) is 0 Å². The number of nitrogens with zero attached hydrogens (tertiary/aromatic N) is 4. The van der Waals surface area contributed by atoms with Gasteiger partial charge in [0.05, 0.1) is 30.2 Å². The molecule has 9 heteroatoms. The van der Waals surface area contributed by atoms with Crippen LogP contribution in [0.1, 0.15) is 35.2 Å². The molecule has 1 saturated carbocycles. The van der Waals surface area contributed by atoms with E-state index < -0.39 is 22.9 Å². The fraction of sp³-hybridized carbons (Fsp3) is 0.273. The Balaban J connectivity index is 1.52. The van der Waals surface area contributed by atoms with Crippen molar-refractivity contribution in [2.75, 3.05) is 6.61 Å². The van der Waals surface area contributed by atoms with E-state index in [0.717, 1.165) is 12.3 Å². The molecule has 5 rings (SSSR count). The maximum Gasteiger partial charge on any atom is 0.177 e. The summed E-state index contributed by atoms with van der Waals surface area (Å²) in [6, 6.07) is 4.77. The molecule has 1 N–H and O–H groups in total. The number of hydrogen-bond donors (Lipinski definition) is 1. The molecule has 0 aliphatic heterocycles. The largest absolute Gasteiger partial charge is 0.489 e. The second kappa shape index (κ2) is 7.04. The molecule has 1 fully saturated rings. The first-order valence-electron chi connectivity index (χ1n) is 9.75. The molecule has 4 aromatic rings. The van der Waals surface area contributed by atoms with E-state index >= 15 is 0 Å². The van der Waals surface area contributed by atoms with Crippen LogP contribution in [0, 0.1) is 31.3 Å². The molecule has 0 amide bonds. The van der Waals surface area contributed by atoms with Crippen LogP contribution in [0.4, 0.5) is 13.2 Å². The van der Waals surface area contributed by atoms with E-state index in [1.165, 1.54) is 18.2 Å². The van der Waals surface area contributed by atoms with Crippen LogP contribution in [-0.4, -0.2) is 31.5 Å². The number of H-pyrrole nitrogens is 1. The minimum Gasteiger partial charge on any atom is -0.489 e. The first kappa shape index (κ1) is 19.5. The van der Waals surface area contributed by atoms with E-state index in [-0.39, 0.29) is 12.5 Å². The third-order valence-corrected chi connectivity index (χ3v) is 5.71. The third-order valence-electron chi connectivity index (χ3n) is 5.71. The Morgan fingerprint density at radius 1 is 1.00 bits per heavy atom. The summed E-state index contributed by atoms with van der Waals surface area (Å²) >= 11 is 0. The van der Waals surface area contributed by atoms with Crippen LogP contribution in [0.2, 0.25) is 0 Å². The fourth-order valence-corrected chi connectivity index (χ4v) is 4.05. The lowest BCUT2D eigenvalue weighted by molar-refractivity contribution is 0.269. The van der Waals surface area contributed by atoms with Crippen molar-refractivity contribution < 1.29 is 17.9 Å². The van der Waals surface area contributed by atoms with Crippen molar-refractivity contribution in [3.05, 3.63) is 77.0 Å². The van der Waals surface area contributed by atoms with E-state index in [0.29, 0.717) is 46.2 Å². The fourth-order valence-electron chi connectivity index (χ4n) is 4.05. The maximum absolute atomic E-state index is 14.0. The van der Waals surface area contributed by atoms with Gasteiger partial charge in [0, 0.05) is 23.5 Å². The van der Waals surface area contributed by atoms with E-state index in [1.807, 2.05) is 6.92 Å². The molecular weight excluding hydrogens is 407 g/mol. The normalized spacial score (nSPS) is 20.2. The Hall–Kier alpha value is -3.49. The summed E-state index contributed by atoms with van der Waals surface area (Å²) in [4.78, 5) is 20.0. The summed E-state index contributed by atoms with van der Waals surface area (Å²) in [7, 11) is 0. The summed E-state index contributed by atoms with van der Waals surface area (Å²) in [5, 5.41) is 0. The monoisotopic (exact) mass is 425 g/mol. The lowest BCUT2D eigenvalue weighted by Crippen LogP contribution is -2.21. The summed E-state index contributed by atoms with van der Waals surface area (Å²) in [5.74, 6) is -0.323. The Morgan fingerprint density at radius 2 is 1.77 bits per heavy atom. The Labute approximate surface area is 175 Å². The molecule has 0 radical (unpaired) electrons. The lowest BCUT2D eigenvalue weighted by Gasteiger charge is -2.19. The first-order chi connectivity index (χ1) is 14.8. The van der Waals surface area contributed by atoms with Gasteiger partial charge in [0.1, 0.15) is 29.1 Å². The zero-order chi connectivity index (χ0) is 21.8. The molecule has 3 aromatic heterocycles. The highest BCUT2D eigenvalue weighted by Crippen LogP contribution is 2.60. The summed E-state index contributed by atoms with van der Waals surface area (Å²) in [6.07, 6.45) is 3.23. The van der Waals surface area contributed by atoms with Gasteiger partial charge in [-0.1, -0.05) is 0 Å². The van der Waals surface area contributed by atoms with Gasteiger partial charge < -0.3 is 9.72 Å². The van der Waals surface area contributed by atoms with E-state index in [9.17, 15) is 13.2 Å². The number of imidazole rings is 1. The number of nitrogens with one attached hydrogen (secondary N) is 1. The van der Waals surface area contributed by atoms with Gasteiger partial charge in [-0.15, -0.1) is 0 Å². The number of pyridine rings is 1. The van der Waals surface area contributed by atoms with Gasteiger partial charge in [-0.2, -0.15) is 0 Å². The average Bonchev–Trinajstić information content (AvgIpc) is 3.30. The van der Waals surface area contributed by atoms with Crippen molar-refractivity contribution in [1.29, 1.82) is 0 Å². The molecule has 3 heterocycles. The van der Waals surface area contributed by atoms with Crippen LogP contribution >= 0.6 is 0 Å². The molecule has 31 heavy (non-hydrogen) atoms. The van der Waals surface area contributed by atoms with Gasteiger partial charge >= 0.3 is 0 Å². The van der Waals surface area contributed by atoms with Gasteiger partial charge in [-0.3, -0.25) is 0 Å². The minimum atomic E-state index is -0.716. The molecule has 1 aromatic carbocycles. The zero-order valence-corrected chi connectivity index (χ0v) is 16.8. The van der Waals surface area contributed by atoms with Crippen molar-refractivity contribution in [1.82, 2.24) is 24.9 Å².